The van der Waals surface area contributed by atoms with Gasteiger partial charge in [0, 0.05) is 5.69 Å². The van der Waals surface area contributed by atoms with Crippen LogP contribution in [0, 0.1) is 18.7 Å². The third kappa shape index (κ3) is 3.51. The second kappa shape index (κ2) is 5.60. The lowest BCUT2D eigenvalue weighted by Crippen LogP contribution is -2.39. The maximum Gasteiger partial charge on any atom is 0.241 e. The molecule has 5 heteroatoms. The number of benzene rings is 1. The van der Waals surface area contributed by atoms with Crippen LogP contribution in [-0.2, 0) is 4.79 Å². The van der Waals surface area contributed by atoms with Gasteiger partial charge in [0.25, 0.3) is 0 Å². The zero-order valence-corrected chi connectivity index (χ0v) is 11.6. The number of amides is 1. The Hall–Kier alpha value is -0.940. The van der Waals surface area contributed by atoms with Gasteiger partial charge in [-0.15, -0.1) is 0 Å². The van der Waals surface area contributed by atoms with Crippen LogP contribution in [0.3, 0.4) is 0 Å². The molecule has 3 N–H and O–H groups in total. The maximum absolute atomic E-state index is 13.3. The highest BCUT2D eigenvalue weighted by Crippen LogP contribution is 2.24. The van der Waals surface area contributed by atoms with Gasteiger partial charge in [0.2, 0.25) is 5.91 Å². The highest BCUT2D eigenvalue weighted by atomic mass is 79.9. The van der Waals surface area contributed by atoms with E-state index >= 15 is 0 Å². The topological polar surface area (TPSA) is 55.1 Å². The van der Waals surface area contributed by atoms with Crippen LogP contribution in [0.4, 0.5) is 10.1 Å². The molecule has 1 atom stereocenters. The van der Waals surface area contributed by atoms with Crippen molar-refractivity contribution in [3.05, 3.63) is 28.0 Å². The van der Waals surface area contributed by atoms with Gasteiger partial charge in [-0.1, -0.05) is 13.8 Å². The molecule has 94 valence electrons. The number of rotatable bonds is 3. The van der Waals surface area contributed by atoms with Crippen molar-refractivity contribution in [2.24, 2.45) is 11.7 Å². The molecule has 1 rings (SSSR count). The van der Waals surface area contributed by atoms with Crippen LogP contribution >= 0.6 is 15.9 Å². The van der Waals surface area contributed by atoms with Gasteiger partial charge in [0.05, 0.1) is 10.5 Å². The van der Waals surface area contributed by atoms with Crippen molar-refractivity contribution in [2.45, 2.75) is 26.8 Å². The number of hydrogen-bond donors (Lipinski definition) is 2. The molecule has 0 fully saturated rings. The van der Waals surface area contributed by atoms with Gasteiger partial charge in [-0.25, -0.2) is 4.39 Å². The molecule has 0 aliphatic heterocycles. The molecule has 0 bridgehead atoms. The normalized spacial score (nSPS) is 12.6. The minimum Gasteiger partial charge on any atom is -0.324 e. The summed E-state index contributed by atoms with van der Waals surface area (Å²) in [7, 11) is 0. The quantitative estimate of drug-likeness (QED) is 0.902. The zero-order chi connectivity index (χ0) is 13.2. The third-order valence-electron chi connectivity index (χ3n) is 2.55. The Morgan fingerprint density at radius 2 is 2.06 bits per heavy atom. The summed E-state index contributed by atoms with van der Waals surface area (Å²) in [5.41, 5.74) is 6.94. The average Bonchev–Trinajstić information content (AvgIpc) is 2.24. The summed E-state index contributed by atoms with van der Waals surface area (Å²) >= 11 is 3.09. The first kappa shape index (κ1) is 14.1. The standard InChI is InChI=1S/C12H16BrFN2O/c1-6(2)11(15)12(17)16-10-5-9(14)8(13)4-7(10)3/h4-6,11H,15H2,1-3H3,(H,16,17). The van der Waals surface area contributed by atoms with E-state index in [1.54, 1.807) is 13.0 Å². The molecule has 0 radical (unpaired) electrons. The molecule has 3 nitrogen and oxygen atoms in total. The summed E-state index contributed by atoms with van der Waals surface area (Å²) < 4.78 is 13.7. The zero-order valence-electron chi connectivity index (χ0n) is 10.1. The molecular formula is C12H16BrFN2O. The van der Waals surface area contributed by atoms with Crippen molar-refractivity contribution >= 4 is 27.5 Å². The molecule has 1 unspecified atom stereocenters. The van der Waals surface area contributed by atoms with Gasteiger partial charge in [-0.05, 0) is 46.5 Å². The summed E-state index contributed by atoms with van der Waals surface area (Å²) in [5, 5.41) is 2.63. The van der Waals surface area contributed by atoms with Crippen LogP contribution in [0.1, 0.15) is 19.4 Å². The predicted octanol–water partition coefficient (Wildman–Crippen LogP) is 2.82. The average molecular weight is 303 g/mol. The Labute approximate surface area is 109 Å². The summed E-state index contributed by atoms with van der Waals surface area (Å²) in [6.07, 6.45) is 0. The Morgan fingerprint density at radius 1 is 1.47 bits per heavy atom. The first-order valence-electron chi connectivity index (χ1n) is 5.35. The van der Waals surface area contributed by atoms with E-state index in [9.17, 15) is 9.18 Å². The SMILES string of the molecule is Cc1cc(Br)c(F)cc1NC(=O)C(N)C(C)C. The molecule has 0 aliphatic carbocycles. The van der Waals surface area contributed by atoms with Crippen LogP contribution in [-0.4, -0.2) is 11.9 Å². The van der Waals surface area contributed by atoms with Crippen LogP contribution in [0.25, 0.3) is 0 Å². The van der Waals surface area contributed by atoms with Crippen molar-refractivity contribution in [2.75, 3.05) is 5.32 Å². The van der Waals surface area contributed by atoms with Crippen molar-refractivity contribution in [1.82, 2.24) is 0 Å². The lowest BCUT2D eigenvalue weighted by Gasteiger charge is -2.16. The molecule has 1 aromatic carbocycles. The van der Waals surface area contributed by atoms with Crippen LogP contribution in [0.2, 0.25) is 0 Å². The molecule has 0 aromatic heterocycles. The Balaban J connectivity index is 2.89. The van der Waals surface area contributed by atoms with E-state index < -0.39 is 11.9 Å². The smallest absolute Gasteiger partial charge is 0.241 e. The predicted molar refractivity (Wildman–Crippen MR) is 70.3 cm³/mol. The molecule has 0 spiro atoms. The number of carbonyl (C=O) groups is 1. The summed E-state index contributed by atoms with van der Waals surface area (Å²) in [6.45, 7) is 5.51. The minimum atomic E-state index is -0.596. The summed E-state index contributed by atoms with van der Waals surface area (Å²) in [4.78, 5) is 11.7. The van der Waals surface area contributed by atoms with Crippen molar-refractivity contribution in [3.8, 4) is 0 Å². The maximum atomic E-state index is 13.3. The third-order valence-corrected chi connectivity index (χ3v) is 3.15. The van der Waals surface area contributed by atoms with E-state index in [-0.39, 0.29) is 11.8 Å². The van der Waals surface area contributed by atoms with E-state index in [4.69, 9.17) is 5.73 Å². The van der Waals surface area contributed by atoms with Gasteiger partial charge in [-0.3, -0.25) is 4.79 Å². The Bertz CT molecular complexity index is 435. The fourth-order valence-electron chi connectivity index (χ4n) is 1.30. The van der Waals surface area contributed by atoms with E-state index in [0.29, 0.717) is 10.2 Å². The van der Waals surface area contributed by atoms with Crippen LogP contribution < -0.4 is 11.1 Å². The number of hydrogen-bond acceptors (Lipinski definition) is 2. The van der Waals surface area contributed by atoms with Crippen molar-refractivity contribution in [1.29, 1.82) is 0 Å². The highest BCUT2D eigenvalue weighted by Gasteiger charge is 2.18. The van der Waals surface area contributed by atoms with Gasteiger partial charge >= 0.3 is 0 Å². The molecule has 0 saturated carbocycles. The first-order valence-corrected chi connectivity index (χ1v) is 6.14. The minimum absolute atomic E-state index is 0.0376. The number of aryl methyl sites for hydroxylation is 1. The van der Waals surface area contributed by atoms with Gasteiger partial charge in [0.1, 0.15) is 5.82 Å². The Morgan fingerprint density at radius 3 is 2.59 bits per heavy atom. The number of nitrogens with one attached hydrogen (secondary N) is 1. The highest BCUT2D eigenvalue weighted by molar-refractivity contribution is 9.10. The number of nitrogens with two attached hydrogens (primary N) is 1. The summed E-state index contributed by atoms with van der Waals surface area (Å²) in [6, 6.07) is 2.30. The largest absolute Gasteiger partial charge is 0.324 e. The number of anilines is 1. The van der Waals surface area contributed by atoms with Gasteiger partial charge in [-0.2, -0.15) is 0 Å². The molecule has 0 heterocycles. The first-order chi connectivity index (χ1) is 7.82. The van der Waals surface area contributed by atoms with Crippen LogP contribution in [0.5, 0.6) is 0 Å². The lowest BCUT2D eigenvalue weighted by atomic mass is 10.0. The van der Waals surface area contributed by atoms with E-state index in [0.717, 1.165) is 5.56 Å². The Kier molecular flexibility index (Phi) is 4.65. The second-order valence-corrected chi connectivity index (χ2v) is 5.19. The summed E-state index contributed by atoms with van der Waals surface area (Å²) in [5.74, 6) is -0.676. The fraction of sp³-hybridized carbons (Fsp3) is 0.417. The number of halogens is 2. The fourth-order valence-corrected chi connectivity index (χ4v) is 1.76. The monoisotopic (exact) mass is 302 g/mol. The molecular weight excluding hydrogens is 287 g/mol. The number of carbonyl (C=O) groups excluding carboxylic acids is 1. The van der Waals surface area contributed by atoms with Gasteiger partial charge < -0.3 is 11.1 Å². The molecule has 1 aromatic rings. The van der Waals surface area contributed by atoms with Gasteiger partial charge in [0.15, 0.2) is 0 Å². The van der Waals surface area contributed by atoms with Crippen molar-refractivity contribution in [3.63, 3.8) is 0 Å². The molecule has 17 heavy (non-hydrogen) atoms. The van der Waals surface area contributed by atoms with E-state index in [1.807, 2.05) is 13.8 Å². The van der Waals surface area contributed by atoms with Crippen LogP contribution in [0.15, 0.2) is 16.6 Å². The molecule has 1 amide bonds. The molecule has 0 aliphatic rings. The van der Waals surface area contributed by atoms with E-state index in [2.05, 4.69) is 21.2 Å². The molecule has 0 saturated heterocycles. The lowest BCUT2D eigenvalue weighted by molar-refractivity contribution is -0.118. The van der Waals surface area contributed by atoms with E-state index in [1.165, 1.54) is 6.07 Å². The van der Waals surface area contributed by atoms with Crippen molar-refractivity contribution < 1.29 is 9.18 Å². The second-order valence-electron chi connectivity index (χ2n) is 4.34.